The highest BCUT2D eigenvalue weighted by atomic mass is 32.2. The third-order valence-electron chi connectivity index (χ3n) is 3.99. The number of anilines is 1. The van der Waals surface area contributed by atoms with Gasteiger partial charge in [-0.15, -0.1) is 0 Å². The lowest BCUT2D eigenvalue weighted by molar-refractivity contribution is 0.102. The molecule has 0 spiro atoms. The summed E-state index contributed by atoms with van der Waals surface area (Å²) in [5, 5.41) is 2.57. The molecule has 2 aromatic rings. The van der Waals surface area contributed by atoms with Gasteiger partial charge in [-0.25, -0.2) is 17.5 Å². The van der Waals surface area contributed by atoms with Crippen molar-refractivity contribution >= 4 is 31.7 Å². The number of carbonyl (C=O) groups excluding carboxylic acids is 1. The first-order chi connectivity index (χ1) is 13.4. The number of carbonyl (C=O) groups is 1. The molecule has 1 amide bonds. The number of sulfonamides is 1. The van der Waals surface area contributed by atoms with E-state index in [1.165, 1.54) is 49.4 Å². The second-order valence-electron chi connectivity index (χ2n) is 6.54. The lowest BCUT2D eigenvalue weighted by Crippen LogP contribution is -2.34. The monoisotopic (exact) mass is 444 g/mol. The van der Waals surface area contributed by atoms with Crippen LogP contribution < -0.4 is 10.0 Å². The second-order valence-corrected chi connectivity index (χ2v) is 9.83. The second kappa shape index (κ2) is 8.99. The van der Waals surface area contributed by atoms with E-state index in [2.05, 4.69) is 10.0 Å². The topological polar surface area (TPSA) is 130 Å². The average Bonchev–Trinajstić information content (AvgIpc) is 2.62. The van der Waals surface area contributed by atoms with Gasteiger partial charge in [0.2, 0.25) is 10.0 Å². The zero-order chi connectivity index (χ0) is 21.8. The van der Waals surface area contributed by atoms with Crippen molar-refractivity contribution < 1.29 is 30.6 Å². The molecule has 0 fully saturated rings. The van der Waals surface area contributed by atoms with Gasteiger partial charge in [0.05, 0.1) is 10.6 Å². The Labute approximate surface area is 168 Å². The third-order valence-corrected chi connectivity index (χ3v) is 6.33. The molecule has 0 radical (unpaired) electrons. The Morgan fingerprint density at radius 1 is 1.14 bits per heavy atom. The van der Waals surface area contributed by atoms with Crippen molar-refractivity contribution in [3.8, 4) is 0 Å². The minimum atomic E-state index is -4.20. The molecule has 3 N–H and O–H groups in total. The summed E-state index contributed by atoms with van der Waals surface area (Å²) in [4.78, 5) is 12.2. The molecular formula is C18H21FN2O6S2. The molecule has 0 unspecified atom stereocenters. The fourth-order valence-corrected chi connectivity index (χ4v) is 4.42. The van der Waals surface area contributed by atoms with Crippen LogP contribution in [-0.2, 0) is 20.1 Å². The van der Waals surface area contributed by atoms with Crippen LogP contribution in [0.5, 0.6) is 0 Å². The molecule has 0 saturated carbocycles. The van der Waals surface area contributed by atoms with Crippen LogP contribution in [0.25, 0.3) is 0 Å². The van der Waals surface area contributed by atoms with E-state index in [1.807, 2.05) is 0 Å². The SMILES string of the molecule is Cc1cc(NC(=O)c2cccc(S(=O)(=O)N[C@H](C)CCS(=O)(=O)O)c2)ccc1F. The summed E-state index contributed by atoms with van der Waals surface area (Å²) in [5.74, 6) is -1.58. The largest absolute Gasteiger partial charge is 0.322 e. The molecule has 0 bridgehead atoms. The molecule has 0 aliphatic rings. The minimum absolute atomic E-state index is 0.0699. The van der Waals surface area contributed by atoms with Gasteiger partial charge in [0.1, 0.15) is 5.82 Å². The van der Waals surface area contributed by atoms with Gasteiger partial charge in [-0.2, -0.15) is 8.42 Å². The van der Waals surface area contributed by atoms with Crippen molar-refractivity contribution in [3.05, 3.63) is 59.4 Å². The fraction of sp³-hybridized carbons (Fsp3) is 0.278. The van der Waals surface area contributed by atoms with Gasteiger partial charge in [-0.1, -0.05) is 6.07 Å². The number of nitrogens with one attached hydrogen (secondary N) is 2. The molecule has 0 aromatic heterocycles. The average molecular weight is 445 g/mol. The van der Waals surface area contributed by atoms with E-state index in [-0.39, 0.29) is 16.9 Å². The third kappa shape index (κ3) is 6.89. The number of halogens is 1. The van der Waals surface area contributed by atoms with E-state index >= 15 is 0 Å². The Morgan fingerprint density at radius 3 is 2.45 bits per heavy atom. The van der Waals surface area contributed by atoms with Crippen LogP contribution in [-0.4, -0.2) is 39.1 Å². The summed E-state index contributed by atoms with van der Waals surface area (Å²) in [6, 6.07) is 8.56. The Morgan fingerprint density at radius 2 is 1.83 bits per heavy atom. The number of benzene rings is 2. The smallest absolute Gasteiger partial charge is 0.264 e. The maximum atomic E-state index is 13.3. The van der Waals surface area contributed by atoms with Crippen LogP contribution in [0, 0.1) is 12.7 Å². The Kier molecular flexibility index (Phi) is 7.11. The highest BCUT2D eigenvalue weighted by molar-refractivity contribution is 7.89. The van der Waals surface area contributed by atoms with Gasteiger partial charge in [0.15, 0.2) is 0 Å². The van der Waals surface area contributed by atoms with Crippen LogP contribution in [0.2, 0.25) is 0 Å². The number of hydrogen-bond donors (Lipinski definition) is 3. The van der Waals surface area contributed by atoms with Gasteiger partial charge >= 0.3 is 0 Å². The number of aryl methyl sites for hydroxylation is 1. The van der Waals surface area contributed by atoms with Gasteiger partial charge in [-0.3, -0.25) is 9.35 Å². The number of hydrogen-bond acceptors (Lipinski definition) is 5. The van der Waals surface area contributed by atoms with Gasteiger partial charge in [0, 0.05) is 17.3 Å². The number of rotatable bonds is 8. The Hall–Kier alpha value is -2.34. The van der Waals surface area contributed by atoms with Gasteiger partial charge in [-0.05, 0) is 62.2 Å². The normalized spacial score (nSPS) is 13.1. The highest BCUT2D eigenvalue weighted by Crippen LogP contribution is 2.17. The first-order valence-electron chi connectivity index (χ1n) is 8.52. The van der Waals surface area contributed by atoms with Crippen molar-refractivity contribution in [2.24, 2.45) is 0 Å². The molecular weight excluding hydrogens is 423 g/mol. The lowest BCUT2D eigenvalue weighted by Gasteiger charge is -2.14. The molecule has 11 heteroatoms. The summed E-state index contributed by atoms with van der Waals surface area (Å²) in [7, 11) is -8.23. The quantitative estimate of drug-likeness (QED) is 0.536. The van der Waals surface area contributed by atoms with Crippen LogP contribution in [0.1, 0.15) is 29.3 Å². The minimum Gasteiger partial charge on any atom is -0.322 e. The van der Waals surface area contributed by atoms with E-state index in [9.17, 15) is 26.0 Å². The Bertz CT molecular complexity index is 1120. The zero-order valence-electron chi connectivity index (χ0n) is 15.7. The van der Waals surface area contributed by atoms with Crippen molar-refractivity contribution in [2.45, 2.75) is 31.2 Å². The zero-order valence-corrected chi connectivity index (χ0v) is 17.3. The molecule has 158 valence electrons. The van der Waals surface area contributed by atoms with Gasteiger partial charge in [0.25, 0.3) is 16.0 Å². The summed E-state index contributed by atoms with van der Waals surface area (Å²) >= 11 is 0. The van der Waals surface area contributed by atoms with Crippen molar-refractivity contribution in [1.29, 1.82) is 0 Å². The fourth-order valence-electron chi connectivity index (χ4n) is 2.45. The molecule has 8 nitrogen and oxygen atoms in total. The maximum absolute atomic E-state index is 13.3. The molecule has 0 aliphatic heterocycles. The summed E-state index contributed by atoms with van der Waals surface area (Å²) in [6.45, 7) is 3.00. The highest BCUT2D eigenvalue weighted by Gasteiger charge is 2.20. The van der Waals surface area contributed by atoms with Crippen LogP contribution in [0.4, 0.5) is 10.1 Å². The van der Waals surface area contributed by atoms with Crippen LogP contribution >= 0.6 is 0 Å². The molecule has 2 aromatic carbocycles. The summed E-state index contributed by atoms with van der Waals surface area (Å²) in [5.41, 5.74) is 0.779. The molecule has 0 saturated heterocycles. The van der Waals surface area contributed by atoms with Crippen molar-refractivity contribution in [1.82, 2.24) is 4.72 Å². The first-order valence-corrected chi connectivity index (χ1v) is 11.6. The summed E-state index contributed by atoms with van der Waals surface area (Å²) < 4.78 is 71.0. The number of amides is 1. The predicted octanol–water partition coefficient (Wildman–Crippen LogP) is 2.33. The summed E-state index contributed by atoms with van der Waals surface area (Å²) in [6.07, 6.45) is -0.123. The van der Waals surface area contributed by atoms with Crippen LogP contribution in [0.3, 0.4) is 0 Å². The predicted molar refractivity (Wildman–Crippen MR) is 106 cm³/mol. The lowest BCUT2D eigenvalue weighted by atomic mass is 10.2. The van der Waals surface area contributed by atoms with Crippen LogP contribution in [0.15, 0.2) is 47.4 Å². The van der Waals surface area contributed by atoms with E-state index in [0.717, 1.165) is 0 Å². The standard InChI is InChI=1S/C18H21FN2O6S2/c1-12-10-15(6-7-17(12)19)20-18(22)14-4-3-5-16(11-14)29(26,27)21-13(2)8-9-28(23,24)25/h3-7,10-11,13,21H,8-9H2,1-2H3,(H,20,22)(H,23,24,25)/t13-/m1/s1. The van der Waals surface area contributed by atoms with Crippen molar-refractivity contribution in [3.63, 3.8) is 0 Å². The molecule has 29 heavy (non-hydrogen) atoms. The molecule has 1 atom stereocenters. The molecule has 0 heterocycles. The van der Waals surface area contributed by atoms with E-state index in [1.54, 1.807) is 6.92 Å². The maximum Gasteiger partial charge on any atom is 0.264 e. The molecule has 2 rings (SSSR count). The van der Waals surface area contributed by atoms with E-state index < -0.39 is 43.7 Å². The van der Waals surface area contributed by atoms with Gasteiger partial charge < -0.3 is 5.32 Å². The van der Waals surface area contributed by atoms with E-state index in [0.29, 0.717) is 11.3 Å². The molecule has 0 aliphatic carbocycles. The Balaban J connectivity index is 2.14. The van der Waals surface area contributed by atoms with E-state index in [4.69, 9.17) is 4.55 Å². The van der Waals surface area contributed by atoms with Crippen molar-refractivity contribution in [2.75, 3.05) is 11.1 Å². The first kappa shape index (κ1) is 22.9.